The molecule has 1 aromatic rings. The minimum Gasteiger partial charge on any atom is -0.389 e. The van der Waals surface area contributed by atoms with Crippen LogP contribution in [-0.4, -0.2) is 24.2 Å². The fraction of sp³-hybridized carbons (Fsp3) is 0.462. The molecule has 0 amide bonds. The number of anilines is 1. The van der Waals surface area contributed by atoms with E-state index >= 15 is 0 Å². The number of hydrogen-bond acceptors (Lipinski definition) is 3. The zero-order valence-corrected chi connectivity index (χ0v) is 10.8. The Kier molecular flexibility index (Phi) is 3.97. The second kappa shape index (κ2) is 5.47. The van der Waals surface area contributed by atoms with Crippen LogP contribution in [0, 0.1) is 6.92 Å². The molecule has 0 radical (unpaired) electrons. The van der Waals surface area contributed by atoms with E-state index in [4.69, 9.17) is 22.7 Å². The molecule has 1 heterocycles. The highest BCUT2D eigenvalue weighted by Crippen LogP contribution is 2.20. The quantitative estimate of drug-likeness (QED) is 0.808. The number of hydrogen-bond donors (Lipinski definition) is 2. The summed E-state index contributed by atoms with van der Waals surface area (Å²) in [7, 11) is 0. The van der Waals surface area contributed by atoms with Crippen LogP contribution >= 0.6 is 12.2 Å². The van der Waals surface area contributed by atoms with Crippen molar-refractivity contribution >= 4 is 22.9 Å². The van der Waals surface area contributed by atoms with Gasteiger partial charge >= 0.3 is 0 Å². The van der Waals surface area contributed by atoms with Crippen LogP contribution in [0.2, 0.25) is 0 Å². The number of benzene rings is 1. The third-order valence-electron chi connectivity index (χ3n) is 3.03. The van der Waals surface area contributed by atoms with Gasteiger partial charge in [0.15, 0.2) is 0 Å². The van der Waals surface area contributed by atoms with Gasteiger partial charge in [-0.15, -0.1) is 0 Å². The molecule has 1 fully saturated rings. The molecule has 0 spiro atoms. The predicted molar refractivity (Wildman–Crippen MR) is 74.5 cm³/mol. The van der Waals surface area contributed by atoms with Gasteiger partial charge in [-0.1, -0.05) is 12.2 Å². The monoisotopic (exact) mass is 250 g/mol. The lowest BCUT2D eigenvalue weighted by molar-refractivity contribution is 0.0876. The van der Waals surface area contributed by atoms with Gasteiger partial charge in [0.2, 0.25) is 0 Å². The van der Waals surface area contributed by atoms with Crippen molar-refractivity contribution in [3.05, 3.63) is 29.3 Å². The molecule has 4 heteroatoms. The first-order chi connectivity index (χ1) is 8.16. The van der Waals surface area contributed by atoms with E-state index in [1.807, 2.05) is 18.2 Å². The minimum absolute atomic E-state index is 0.415. The normalized spacial score (nSPS) is 19.9. The van der Waals surface area contributed by atoms with E-state index < -0.39 is 0 Å². The standard InChI is InChI=1S/C13H18N2OS/c1-9-7-10(13(14)17)4-5-12(9)15-11-3-2-6-16-8-11/h4-5,7,11,15H,2-3,6,8H2,1H3,(H2,14,17). The number of aryl methyl sites for hydroxylation is 1. The van der Waals surface area contributed by atoms with Crippen molar-refractivity contribution in [1.82, 2.24) is 0 Å². The summed E-state index contributed by atoms with van der Waals surface area (Å²) >= 11 is 4.96. The van der Waals surface area contributed by atoms with Gasteiger partial charge < -0.3 is 15.8 Å². The summed E-state index contributed by atoms with van der Waals surface area (Å²) in [6, 6.07) is 6.44. The highest BCUT2D eigenvalue weighted by Gasteiger charge is 2.14. The first kappa shape index (κ1) is 12.3. The molecule has 0 saturated carbocycles. The lowest BCUT2D eigenvalue weighted by Gasteiger charge is -2.25. The first-order valence-corrected chi connectivity index (χ1v) is 6.32. The van der Waals surface area contributed by atoms with Crippen molar-refractivity contribution in [1.29, 1.82) is 0 Å². The lowest BCUT2D eigenvalue weighted by Crippen LogP contribution is -2.30. The SMILES string of the molecule is Cc1cc(C(N)=S)ccc1NC1CCCOC1. The number of nitrogens with two attached hydrogens (primary N) is 1. The van der Waals surface area contributed by atoms with Crippen molar-refractivity contribution in [2.75, 3.05) is 18.5 Å². The Morgan fingerprint density at radius 1 is 1.53 bits per heavy atom. The van der Waals surface area contributed by atoms with Crippen LogP contribution in [0.15, 0.2) is 18.2 Å². The smallest absolute Gasteiger partial charge is 0.103 e. The highest BCUT2D eigenvalue weighted by atomic mass is 32.1. The van der Waals surface area contributed by atoms with Crippen LogP contribution in [0.5, 0.6) is 0 Å². The van der Waals surface area contributed by atoms with E-state index in [1.54, 1.807) is 0 Å². The molecule has 92 valence electrons. The molecule has 1 aliphatic heterocycles. The Hall–Kier alpha value is -1.13. The van der Waals surface area contributed by atoms with Crippen LogP contribution in [-0.2, 0) is 4.74 Å². The van der Waals surface area contributed by atoms with Gasteiger partial charge in [0.25, 0.3) is 0 Å². The third kappa shape index (κ3) is 3.17. The van der Waals surface area contributed by atoms with Crippen molar-refractivity contribution in [2.45, 2.75) is 25.8 Å². The van der Waals surface area contributed by atoms with Crippen LogP contribution in [0.3, 0.4) is 0 Å². The van der Waals surface area contributed by atoms with E-state index in [1.165, 1.54) is 5.56 Å². The van der Waals surface area contributed by atoms with E-state index in [9.17, 15) is 0 Å². The second-order valence-electron chi connectivity index (χ2n) is 4.45. The summed E-state index contributed by atoms with van der Waals surface area (Å²) in [5, 5.41) is 3.51. The summed E-state index contributed by atoms with van der Waals surface area (Å²) in [6.45, 7) is 3.74. The van der Waals surface area contributed by atoms with Gasteiger partial charge in [-0.05, 0) is 43.5 Å². The van der Waals surface area contributed by atoms with Crippen LogP contribution in [0.4, 0.5) is 5.69 Å². The average Bonchev–Trinajstić information content (AvgIpc) is 2.33. The maximum Gasteiger partial charge on any atom is 0.103 e. The number of nitrogens with one attached hydrogen (secondary N) is 1. The summed E-state index contributed by atoms with van der Waals surface area (Å²) < 4.78 is 5.45. The fourth-order valence-electron chi connectivity index (χ4n) is 2.05. The van der Waals surface area contributed by atoms with Crippen molar-refractivity contribution in [3.8, 4) is 0 Å². The summed E-state index contributed by atoms with van der Waals surface area (Å²) in [6.07, 6.45) is 2.29. The van der Waals surface area contributed by atoms with E-state index in [0.29, 0.717) is 11.0 Å². The molecule has 3 N–H and O–H groups in total. The Morgan fingerprint density at radius 3 is 2.94 bits per heavy atom. The molecule has 1 aliphatic rings. The minimum atomic E-state index is 0.415. The zero-order chi connectivity index (χ0) is 12.3. The number of ether oxygens (including phenoxy) is 1. The zero-order valence-electron chi connectivity index (χ0n) is 10.0. The van der Waals surface area contributed by atoms with Crippen molar-refractivity contribution in [2.24, 2.45) is 5.73 Å². The largest absolute Gasteiger partial charge is 0.389 e. The van der Waals surface area contributed by atoms with E-state index in [0.717, 1.165) is 37.3 Å². The summed E-state index contributed by atoms with van der Waals surface area (Å²) in [5.41, 5.74) is 8.83. The molecule has 2 rings (SSSR count). The van der Waals surface area contributed by atoms with E-state index in [-0.39, 0.29) is 0 Å². The molecule has 1 aromatic carbocycles. The average molecular weight is 250 g/mol. The van der Waals surface area contributed by atoms with Crippen LogP contribution in [0.25, 0.3) is 0 Å². The van der Waals surface area contributed by atoms with E-state index in [2.05, 4.69) is 12.2 Å². The molecule has 1 unspecified atom stereocenters. The third-order valence-corrected chi connectivity index (χ3v) is 3.27. The van der Waals surface area contributed by atoms with Gasteiger partial charge in [0.1, 0.15) is 4.99 Å². The van der Waals surface area contributed by atoms with Gasteiger partial charge in [-0.3, -0.25) is 0 Å². The molecular formula is C13H18N2OS. The number of rotatable bonds is 3. The second-order valence-corrected chi connectivity index (χ2v) is 4.89. The Morgan fingerprint density at radius 2 is 2.35 bits per heavy atom. The molecular weight excluding hydrogens is 232 g/mol. The molecule has 17 heavy (non-hydrogen) atoms. The molecule has 1 saturated heterocycles. The summed E-state index contributed by atoms with van der Waals surface area (Å²) in [5.74, 6) is 0. The van der Waals surface area contributed by atoms with Gasteiger partial charge in [0, 0.05) is 23.9 Å². The summed E-state index contributed by atoms with van der Waals surface area (Å²) in [4.78, 5) is 0.445. The van der Waals surface area contributed by atoms with Gasteiger partial charge in [-0.25, -0.2) is 0 Å². The maximum absolute atomic E-state index is 5.61. The fourth-order valence-corrected chi connectivity index (χ4v) is 2.18. The van der Waals surface area contributed by atoms with Crippen molar-refractivity contribution < 1.29 is 4.74 Å². The molecule has 0 bridgehead atoms. The Labute approximate surface area is 107 Å². The van der Waals surface area contributed by atoms with Crippen LogP contribution in [0.1, 0.15) is 24.0 Å². The molecule has 0 aliphatic carbocycles. The van der Waals surface area contributed by atoms with Crippen molar-refractivity contribution in [3.63, 3.8) is 0 Å². The molecule has 1 atom stereocenters. The van der Waals surface area contributed by atoms with Crippen LogP contribution < -0.4 is 11.1 Å². The first-order valence-electron chi connectivity index (χ1n) is 5.91. The topological polar surface area (TPSA) is 47.3 Å². The Bertz CT molecular complexity index is 414. The lowest BCUT2D eigenvalue weighted by atomic mass is 10.1. The Balaban J connectivity index is 2.08. The predicted octanol–water partition coefficient (Wildman–Crippen LogP) is 2.22. The number of thiocarbonyl (C=S) groups is 1. The van der Waals surface area contributed by atoms with Gasteiger partial charge in [0.05, 0.1) is 6.61 Å². The highest BCUT2D eigenvalue weighted by molar-refractivity contribution is 7.80. The maximum atomic E-state index is 5.61. The van der Waals surface area contributed by atoms with Gasteiger partial charge in [-0.2, -0.15) is 0 Å². The molecule has 0 aromatic heterocycles. The molecule has 3 nitrogen and oxygen atoms in total.